The maximum Gasteiger partial charge on any atom is 0.325 e. The molecule has 2 aromatic heterocycles. The predicted octanol–water partition coefficient (Wildman–Crippen LogP) is 1.69. The Bertz CT molecular complexity index is 580. The molecule has 0 atom stereocenters. The van der Waals surface area contributed by atoms with Gasteiger partial charge in [-0.1, -0.05) is 0 Å². The third-order valence-electron chi connectivity index (χ3n) is 2.63. The molecule has 0 N–H and O–H groups in total. The molecule has 0 saturated carbocycles. The summed E-state index contributed by atoms with van der Waals surface area (Å²) in [6.45, 7) is 2.06. The van der Waals surface area contributed by atoms with E-state index in [9.17, 15) is 4.79 Å². The fourth-order valence-corrected chi connectivity index (χ4v) is 1.96. The van der Waals surface area contributed by atoms with Crippen LogP contribution in [0.5, 0.6) is 0 Å². The van der Waals surface area contributed by atoms with Crippen molar-refractivity contribution in [2.24, 2.45) is 0 Å². The van der Waals surface area contributed by atoms with Crippen molar-refractivity contribution < 1.29 is 9.53 Å². The number of ether oxygens (including phenoxy) is 1. The van der Waals surface area contributed by atoms with E-state index >= 15 is 0 Å². The molecule has 0 radical (unpaired) electrons. The Morgan fingerprint density at radius 3 is 3.00 bits per heavy atom. The summed E-state index contributed by atoms with van der Waals surface area (Å²) in [5, 5.41) is 0. The minimum atomic E-state index is -0.326. The highest BCUT2D eigenvalue weighted by atomic mass is 35.5. The molecule has 0 aromatic carbocycles. The van der Waals surface area contributed by atoms with Gasteiger partial charge in [-0.2, -0.15) is 0 Å². The van der Waals surface area contributed by atoms with E-state index in [0.717, 1.165) is 16.9 Å². The van der Waals surface area contributed by atoms with Crippen molar-refractivity contribution in [1.82, 2.24) is 14.5 Å². The fourth-order valence-electron chi connectivity index (χ4n) is 1.79. The highest BCUT2D eigenvalue weighted by Crippen LogP contribution is 2.16. The monoisotopic (exact) mass is 267 g/mol. The zero-order valence-electron chi connectivity index (χ0n) is 10.3. The summed E-state index contributed by atoms with van der Waals surface area (Å²) in [7, 11) is 1.36. The number of halogens is 1. The average Bonchev–Trinajstić information content (AvgIpc) is 2.67. The molecule has 0 aliphatic rings. The molecule has 96 valence electrons. The van der Waals surface area contributed by atoms with Gasteiger partial charge in [0.05, 0.1) is 7.11 Å². The summed E-state index contributed by atoms with van der Waals surface area (Å²) in [5.74, 6) is 0.875. The zero-order valence-corrected chi connectivity index (χ0v) is 11.1. The van der Waals surface area contributed by atoms with Crippen LogP contribution in [0.15, 0.2) is 12.3 Å². The first-order valence-corrected chi connectivity index (χ1v) is 6.13. The molecule has 6 heteroatoms. The molecule has 0 amide bonds. The van der Waals surface area contributed by atoms with Gasteiger partial charge >= 0.3 is 5.97 Å². The van der Waals surface area contributed by atoms with E-state index in [4.69, 9.17) is 11.6 Å². The molecular formula is C12H14ClN3O2. The molecule has 0 saturated heterocycles. The average molecular weight is 268 g/mol. The van der Waals surface area contributed by atoms with Crippen LogP contribution in [-0.2, 0) is 22.5 Å². The molecule has 2 rings (SSSR count). The number of hydrogen-bond acceptors (Lipinski definition) is 4. The molecular weight excluding hydrogens is 254 g/mol. The minimum Gasteiger partial charge on any atom is -0.468 e. The normalized spacial score (nSPS) is 10.8. The minimum absolute atomic E-state index is 0.106. The zero-order chi connectivity index (χ0) is 13.1. The Labute approximate surface area is 110 Å². The van der Waals surface area contributed by atoms with Crippen molar-refractivity contribution >= 4 is 28.7 Å². The Hall–Kier alpha value is -1.62. The molecule has 5 nitrogen and oxygen atoms in total. The van der Waals surface area contributed by atoms with Crippen molar-refractivity contribution in [2.75, 3.05) is 13.0 Å². The van der Waals surface area contributed by atoms with Crippen LogP contribution >= 0.6 is 11.6 Å². The molecule has 0 fully saturated rings. The maximum absolute atomic E-state index is 11.4. The molecule has 0 unspecified atom stereocenters. The lowest BCUT2D eigenvalue weighted by Crippen LogP contribution is -2.14. The first kappa shape index (κ1) is 12.8. The number of pyridine rings is 1. The van der Waals surface area contributed by atoms with E-state index in [-0.39, 0.29) is 12.5 Å². The highest BCUT2D eigenvalue weighted by molar-refractivity contribution is 6.17. The number of nitrogens with zero attached hydrogens (tertiary/aromatic N) is 3. The molecule has 2 aromatic rings. The van der Waals surface area contributed by atoms with Gasteiger partial charge in [0, 0.05) is 18.5 Å². The lowest BCUT2D eigenvalue weighted by molar-refractivity contribution is -0.141. The first-order chi connectivity index (χ1) is 8.65. The van der Waals surface area contributed by atoms with E-state index in [0.29, 0.717) is 17.9 Å². The van der Waals surface area contributed by atoms with E-state index in [1.165, 1.54) is 7.11 Å². The number of carbonyl (C=O) groups excluding carboxylic acids is 1. The van der Waals surface area contributed by atoms with Crippen LogP contribution in [0.2, 0.25) is 0 Å². The van der Waals surface area contributed by atoms with Crippen molar-refractivity contribution in [3.8, 4) is 0 Å². The number of hydrogen-bond donors (Lipinski definition) is 0. The topological polar surface area (TPSA) is 57.0 Å². The fraction of sp³-hybridized carbons (Fsp3) is 0.417. The van der Waals surface area contributed by atoms with Crippen LogP contribution in [0.1, 0.15) is 11.4 Å². The van der Waals surface area contributed by atoms with Gasteiger partial charge in [0.25, 0.3) is 0 Å². The summed E-state index contributed by atoms with van der Waals surface area (Å²) in [4.78, 5) is 20.2. The van der Waals surface area contributed by atoms with E-state index < -0.39 is 0 Å². The molecule has 2 heterocycles. The summed E-state index contributed by atoms with van der Waals surface area (Å²) in [6, 6.07) is 1.94. The quantitative estimate of drug-likeness (QED) is 0.625. The Morgan fingerprint density at radius 2 is 2.33 bits per heavy atom. The first-order valence-electron chi connectivity index (χ1n) is 5.60. The van der Waals surface area contributed by atoms with Gasteiger partial charge in [0.15, 0.2) is 5.65 Å². The number of fused-ring (bicyclic) bond motifs is 1. The number of esters is 1. The van der Waals surface area contributed by atoms with Gasteiger partial charge in [-0.05, 0) is 18.6 Å². The number of methoxy groups -OCH3 is 1. The van der Waals surface area contributed by atoms with Crippen LogP contribution < -0.4 is 0 Å². The van der Waals surface area contributed by atoms with Gasteiger partial charge in [0.2, 0.25) is 0 Å². The van der Waals surface area contributed by atoms with Crippen molar-refractivity contribution in [1.29, 1.82) is 0 Å². The number of rotatable bonds is 4. The number of carbonyl (C=O) groups is 1. The highest BCUT2D eigenvalue weighted by Gasteiger charge is 2.14. The molecule has 0 aliphatic carbocycles. The third kappa shape index (κ3) is 2.46. The van der Waals surface area contributed by atoms with Gasteiger partial charge in [0.1, 0.15) is 17.9 Å². The summed E-state index contributed by atoms with van der Waals surface area (Å²) in [5.41, 5.74) is 2.49. The maximum atomic E-state index is 11.4. The summed E-state index contributed by atoms with van der Waals surface area (Å²) >= 11 is 5.75. The second-order valence-electron chi connectivity index (χ2n) is 3.98. The standard InChI is InChI=1S/C12H14ClN3O2/c1-8-5-9-12(14-6-8)16(7-11(17)18-2)10(15-9)3-4-13/h5-6H,3-4,7H2,1-2H3. The van der Waals surface area contributed by atoms with E-state index in [2.05, 4.69) is 14.7 Å². The van der Waals surface area contributed by atoms with Crippen molar-refractivity contribution in [3.63, 3.8) is 0 Å². The van der Waals surface area contributed by atoms with Crippen LogP contribution in [-0.4, -0.2) is 33.5 Å². The van der Waals surface area contributed by atoms with Crippen LogP contribution in [0.3, 0.4) is 0 Å². The van der Waals surface area contributed by atoms with Crippen LogP contribution in [0.25, 0.3) is 11.2 Å². The number of imidazole rings is 1. The van der Waals surface area contributed by atoms with Gasteiger partial charge in [-0.25, -0.2) is 9.97 Å². The predicted molar refractivity (Wildman–Crippen MR) is 68.7 cm³/mol. The Morgan fingerprint density at radius 1 is 1.56 bits per heavy atom. The second-order valence-corrected chi connectivity index (χ2v) is 4.36. The van der Waals surface area contributed by atoms with Gasteiger partial charge < -0.3 is 9.30 Å². The van der Waals surface area contributed by atoms with Gasteiger partial charge in [-0.15, -0.1) is 11.6 Å². The summed E-state index contributed by atoms with van der Waals surface area (Å²) < 4.78 is 6.43. The number of aromatic nitrogens is 3. The van der Waals surface area contributed by atoms with E-state index in [1.54, 1.807) is 10.8 Å². The Balaban J connectivity index is 2.51. The van der Waals surface area contributed by atoms with Crippen LogP contribution in [0, 0.1) is 6.92 Å². The van der Waals surface area contributed by atoms with Crippen molar-refractivity contribution in [3.05, 3.63) is 23.7 Å². The van der Waals surface area contributed by atoms with Gasteiger partial charge in [-0.3, -0.25) is 4.79 Å². The molecule has 0 spiro atoms. The molecule has 0 bridgehead atoms. The third-order valence-corrected chi connectivity index (χ3v) is 2.82. The van der Waals surface area contributed by atoms with E-state index in [1.807, 2.05) is 13.0 Å². The molecule has 18 heavy (non-hydrogen) atoms. The number of alkyl halides is 1. The molecule has 0 aliphatic heterocycles. The largest absolute Gasteiger partial charge is 0.468 e. The number of aryl methyl sites for hydroxylation is 2. The SMILES string of the molecule is COC(=O)Cn1c(CCCl)nc2cc(C)cnc21. The van der Waals surface area contributed by atoms with Crippen LogP contribution in [0.4, 0.5) is 0 Å². The lowest BCUT2D eigenvalue weighted by Gasteiger charge is -2.05. The second kappa shape index (κ2) is 5.35. The lowest BCUT2D eigenvalue weighted by atomic mass is 10.3. The Kier molecular flexibility index (Phi) is 3.81. The van der Waals surface area contributed by atoms with Crippen molar-refractivity contribution in [2.45, 2.75) is 19.9 Å². The smallest absolute Gasteiger partial charge is 0.325 e. The summed E-state index contributed by atoms with van der Waals surface area (Å²) in [6.07, 6.45) is 2.34.